The van der Waals surface area contributed by atoms with Gasteiger partial charge in [-0.3, -0.25) is 0 Å². The molecule has 0 fully saturated rings. The molecule has 1 aromatic heterocycles. The van der Waals surface area contributed by atoms with Crippen LogP contribution in [0, 0.1) is 6.92 Å². The molecule has 19 heavy (non-hydrogen) atoms. The van der Waals surface area contributed by atoms with E-state index in [0.717, 1.165) is 6.54 Å². The summed E-state index contributed by atoms with van der Waals surface area (Å²) in [6.07, 6.45) is 2.14. The number of aromatic nitrogens is 1. The minimum absolute atomic E-state index is 0.513. The SMILES string of the molecule is Cc1cccc2c1-c1c(ccc[n+]1C)CN2C(C)C. The molecule has 2 heteroatoms. The van der Waals surface area contributed by atoms with Gasteiger partial charge >= 0.3 is 0 Å². The van der Waals surface area contributed by atoms with Gasteiger partial charge in [-0.25, -0.2) is 4.57 Å². The third kappa shape index (κ3) is 1.83. The second-order valence-electron chi connectivity index (χ2n) is 5.68. The Balaban J connectivity index is 2.33. The van der Waals surface area contributed by atoms with Gasteiger partial charge < -0.3 is 4.90 Å². The molecule has 2 heterocycles. The molecule has 0 N–H and O–H groups in total. The highest BCUT2D eigenvalue weighted by atomic mass is 15.2. The molecule has 1 aromatic carbocycles. The van der Waals surface area contributed by atoms with Crippen LogP contribution in [0.3, 0.4) is 0 Å². The fraction of sp³-hybridized carbons (Fsp3) is 0.353. The normalized spacial score (nSPS) is 13.4. The summed E-state index contributed by atoms with van der Waals surface area (Å²) < 4.78 is 2.25. The van der Waals surface area contributed by atoms with Crippen molar-refractivity contribution >= 4 is 5.69 Å². The first-order valence-corrected chi connectivity index (χ1v) is 6.93. The summed E-state index contributed by atoms with van der Waals surface area (Å²) in [6.45, 7) is 7.73. The zero-order chi connectivity index (χ0) is 13.6. The maximum atomic E-state index is 2.49. The number of hydrogen-bond donors (Lipinski definition) is 0. The molecule has 0 radical (unpaired) electrons. The largest absolute Gasteiger partial charge is 0.364 e. The van der Waals surface area contributed by atoms with Gasteiger partial charge in [0.05, 0.1) is 11.3 Å². The number of anilines is 1. The highest BCUT2D eigenvalue weighted by Crippen LogP contribution is 2.39. The summed E-state index contributed by atoms with van der Waals surface area (Å²) in [6, 6.07) is 11.5. The monoisotopic (exact) mass is 253 g/mol. The van der Waals surface area contributed by atoms with Crippen molar-refractivity contribution in [3.05, 3.63) is 47.7 Å². The zero-order valence-corrected chi connectivity index (χ0v) is 12.1. The van der Waals surface area contributed by atoms with Gasteiger partial charge in [0.1, 0.15) is 7.05 Å². The lowest BCUT2D eigenvalue weighted by Gasteiger charge is -2.34. The van der Waals surface area contributed by atoms with Gasteiger partial charge in [0, 0.05) is 24.2 Å². The molecule has 1 aliphatic heterocycles. The van der Waals surface area contributed by atoms with Gasteiger partial charge in [-0.05, 0) is 38.5 Å². The summed E-state index contributed by atoms with van der Waals surface area (Å²) >= 11 is 0. The van der Waals surface area contributed by atoms with Crippen LogP contribution < -0.4 is 9.47 Å². The van der Waals surface area contributed by atoms with Gasteiger partial charge in [-0.1, -0.05) is 12.1 Å². The van der Waals surface area contributed by atoms with Gasteiger partial charge in [-0.2, -0.15) is 0 Å². The first-order chi connectivity index (χ1) is 9.09. The second-order valence-corrected chi connectivity index (χ2v) is 5.68. The van der Waals surface area contributed by atoms with Crippen LogP contribution in [0.1, 0.15) is 25.0 Å². The molecule has 0 unspecified atom stereocenters. The molecule has 0 aliphatic carbocycles. The topological polar surface area (TPSA) is 7.12 Å². The van der Waals surface area contributed by atoms with E-state index >= 15 is 0 Å². The van der Waals surface area contributed by atoms with Crippen molar-refractivity contribution in [2.75, 3.05) is 4.90 Å². The van der Waals surface area contributed by atoms with Crippen molar-refractivity contribution < 1.29 is 4.57 Å². The standard InChI is InChI=1S/C17H21N2/c1-12(2)19-11-14-8-6-10-18(4)17(14)16-13(3)7-5-9-15(16)19/h5-10,12H,11H2,1-4H3/q+1. The molecule has 1 aliphatic rings. The lowest BCUT2D eigenvalue weighted by molar-refractivity contribution is -0.660. The lowest BCUT2D eigenvalue weighted by Crippen LogP contribution is -2.39. The molecular weight excluding hydrogens is 232 g/mol. The van der Waals surface area contributed by atoms with E-state index in [1.54, 1.807) is 0 Å². The summed E-state index contributed by atoms with van der Waals surface area (Å²) in [7, 11) is 2.14. The van der Waals surface area contributed by atoms with E-state index in [4.69, 9.17) is 0 Å². The molecule has 2 nitrogen and oxygen atoms in total. The molecule has 2 aromatic rings. The van der Waals surface area contributed by atoms with Gasteiger partial charge in [0.25, 0.3) is 0 Å². The number of rotatable bonds is 1. The fourth-order valence-corrected chi connectivity index (χ4v) is 3.06. The Morgan fingerprint density at radius 1 is 1.16 bits per heavy atom. The highest BCUT2D eigenvalue weighted by Gasteiger charge is 2.30. The molecule has 0 saturated carbocycles. The Bertz CT molecular complexity index is 629. The number of aryl methyl sites for hydroxylation is 2. The van der Waals surface area contributed by atoms with Crippen LogP contribution in [0.25, 0.3) is 11.3 Å². The van der Waals surface area contributed by atoms with E-state index in [-0.39, 0.29) is 0 Å². The summed E-state index contributed by atoms with van der Waals surface area (Å²) in [4.78, 5) is 2.49. The predicted octanol–water partition coefficient (Wildman–Crippen LogP) is 3.21. The van der Waals surface area contributed by atoms with Crippen molar-refractivity contribution in [1.82, 2.24) is 0 Å². The number of fused-ring (bicyclic) bond motifs is 3. The summed E-state index contributed by atoms with van der Waals surface area (Å²) in [5, 5.41) is 0. The van der Waals surface area contributed by atoms with Crippen LogP contribution in [0.2, 0.25) is 0 Å². The zero-order valence-electron chi connectivity index (χ0n) is 12.1. The van der Waals surface area contributed by atoms with E-state index in [9.17, 15) is 0 Å². The average Bonchev–Trinajstić information content (AvgIpc) is 2.38. The third-order valence-electron chi connectivity index (χ3n) is 4.03. The predicted molar refractivity (Wildman–Crippen MR) is 79.1 cm³/mol. The Kier molecular flexibility index (Phi) is 2.81. The third-order valence-corrected chi connectivity index (χ3v) is 4.03. The van der Waals surface area contributed by atoms with Crippen molar-refractivity contribution in [1.29, 1.82) is 0 Å². The van der Waals surface area contributed by atoms with E-state index in [1.165, 1.54) is 28.1 Å². The van der Waals surface area contributed by atoms with E-state index in [0.29, 0.717) is 6.04 Å². The lowest BCUT2D eigenvalue weighted by atomic mass is 9.93. The molecule has 0 saturated heterocycles. The molecule has 3 rings (SSSR count). The second kappa shape index (κ2) is 4.37. The molecule has 98 valence electrons. The maximum absolute atomic E-state index is 2.49. The first-order valence-electron chi connectivity index (χ1n) is 6.93. The van der Waals surface area contributed by atoms with Crippen molar-refractivity contribution in [3.63, 3.8) is 0 Å². The Morgan fingerprint density at radius 3 is 2.68 bits per heavy atom. The van der Waals surface area contributed by atoms with Crippen LogP contribution in [0.4, 0.5) is 5.69 Å². The Morgan fingerprint density at radius 2 is 1.95 bits per heavy atom. The number of hydrogen-bond acceptors (Lipinski definition) is 1. The van der Waals surface area contributed by atoms with E-state index in [1.807, 2.05) is 0 Å². The van der Waals surface area contributed by atoms with Crippen molar-refractivity contribution in [2.24, 2.45) is 7.05 Å². The minimum atomic E-state index is 0.513. The van der Waals surface area contributed by atoms with Crippen LogP contribution >= 0.6 is 0 Å². The quantitative estimate of drug-likeness (QED) is 0.708. The number of pyridine rings is 1. The van der Waals surface area contributed by atoms with E-state index in [2.05, 4.69) is 73.8 Å². The molecule has 0 atom stereocenters. The van der Waals surface area contributed by atoms with Crippen molar-refractivity contribution in [3.8, 4) is 11.3 Å². The summed E-state index contributed by atoms with van der Waals surface area (Å²) in [5.74, 6) is 0. The van der Waals surface area contributed by atoms with Gasteiger partial charge in [0.15, 0.2) is 6.20 Å². The Labute approximate surface area is 115 Å². The maximum Gasteiger partial charge on any atom is 0.219 e. The first kappa shape index (κ1) is 12.2. The van der Waals surface area contributed by atoms with Crippen LogP contribution in [0.5, 0.6) is 0 Å². The van der Waals surface area contributed by atoms with Crippen LogP contribution in [-0.2, 0) is 13.6 Å². The molecule has 0 bridgehead atoms. The minimum Gasteiger partial charge on any atom is -0.364 e. The number of nitrogens with zero attached hydrogens (tertiary/aromatic N) is 2. The highest BCUT2D eigenvalue weighted by molar-refractivity contribution is 5.82. The molecule has 0 amide bonds. The van der Waals surface area contributed by atoms with Crippen LogP contribution in [0.15, 0.2) is 36.5 Å². The molecular formula is C17H21N2+. The smallest absolute Gasteiger partial charge is 0.219 e. The Hall–Kier alpha value is -1.83. The van der Waals surface area contributed by atoms with Gasteiger partial charge in [0.2, 0.25) is 5.69 Å². The average molecular weight is 253 g/mol. The number of benzene rings is 1. The van der Waals surface area contributed by atoms with Crippen molar-refractivity contribution in [2.45, 2.75) is 33.4 Å². The van der Waals surface area contributed by atoms with Gasteiger partial charge in [-0.15, -0.1) is 0 Å². The van der Waals surface area contributed by atoms with E-state index < -0.39 is 0 Å². The summed E-state index contributed by atoms with van der Waals surface area (Å²) in [5.41, 5.74) is 6.89. The molecule has 0 spiro atoms. The fourth-order valence-electron chi connectivity index (χ4n) is 3.06. The van der Waals surface area contributed by atoms with Crippen LogP contribution in [-0.4, -0.2) is 6.04 Å².